The largest absolute Gasteiger partial charge is 0.460 e. The van der Waals surface area contributed by atoms with Crippen LogP contribution in [0.15, 0.2) is 21.0 Å². The van der Waals surface area contributed by atoms with Crippen molar-refractivity contribution in [3.63, 3.8) is 0 Å². The molecule has 0 aliphatic carbocycles. The highest BCUT2D eigenvalue weighted by Gasteiger charge is 2.20. The summed E-state index contributed by atoms with van der Waals surface area (Å²) in [7, 11) is 0. The van der Waals surface area contributed by atoms with Crippen molar-refractivity contribution < 1.29 is 18.3 Å². The molecule has 0 N–H and O–H groups in total. The van der Waals surface area contributed by atoms with Gasteiger partial charge in [-0.15, -0.1) is 21.5 Å². The third kappa shape index (κ3) is 4.40. The van der Waals surface area contributed by atoms with Crippen LogP contribution in [0.5, 0.6) is 0 Å². The van der Waals surface area contributed by atoms with E-state index in [-0.39, 0.29) is 24.5 Å². The lowest BCUT2D eigenvalue weighted by molar-refractivity contribution is -0.154. The smallest absolute Gasteiger partial charge is 0.315 e. The number of esters is 1. The highest BCUT2D eigenvalue weighted by atomic mass is 79.9. The number of aromatic nitrogens is 3. The molecule has 0 spiro atoms. The monoisotopic (exact) mass is 427 g/mol. The zero-order valence-corrected chi connectivity index (χ0v) is 16.2. The molecule has 2 aromatic heterocycles. The van der Waals surface area contributed by atoms with Gasteiger partial charge in [0.25, 0.3) is 0 Å². The lowest BCUT2D eigenvalue weighted by Crippen LogP contribution is -2.24. The van der Waals surface area contributed by atoms with Gasteiger partial charge in [0.1, 0.15) is 17.0 Å². The van der Waals surface area contributed by atoms with Gasteiger partial charge in [0, 0.05) is 0 Å². The molecular weight excluding hydrogens is 413 g/mol. The van der Waals surface area contributed by atoms with Crippen LogP contribution in [0.25, 0.3) is 10.2 Å². The number of thiazole rings is 1. The van der Waals surface area contributed by atoms with Gasteiger partial charge in [0.15, 0.2) is 5.82 Å². The van der Waals surface area contributed by atoms with Crippen LogP contribution in [-0.4, -0.2) is 26.8 Å². The van der Waals surface area contributed by atoms with E-state index in [0.717, 1.165) is 0 Å². The summed E-state index contributed by atoms with van der Waals surface area (Å²) in [5.74, 6) is -0.275. The molecule has 0 aliphatic heterocycles. The number of hydrogen-bond acceptors (Lipinski definition) is 7. The molecule has 9 heteroatoms. The molecule has 3 aromatic rings. The van der Waals surface area contributed by atoms with E-state index in [9.17, 15) is 9.18 Å². The normalized spacial score (nSPS) is 11.9. The molecule has 0 fully saturated rings. The van der Waals surface area contributed by atoms with Gasteiger partial charge < -0.3 is 9.15 Å². The molecule has 0 bridgehead atoms. The van der Waals surface area contributed by atoms with Gasteiger partial charge in [0.05, 0.1) is 21.1 Å². The van der Waals surface area contributed by atoms with Crippen LogP contribution in [0.2, 0.25) is 0 Å². The minimum absolute atomic E-state index is 0.0916. The summed E-state index contributed by atoms with van der Waals surface area (Å²) < 4.78 is 25.6. The van der Waals surface area contributed by atoms with Gasteiger partial charge in [-0.3, -0.25) is 4.79 Å². The zero-order valence-electron chi connectivity index (χ0n) is 13.8. The Morgan fingerprint density at radius 3 is 2.76 bits per heavy atom. The summed E-state index contributed by atoms with van der Waals surface area (Å²) in [6.07, 6.45) is 0.184. The fraction of sp³-hybridized carbons (Fsp3) is 0.375. The van der Waals surface area contributed by atoms with E-state index >= 15 is 0 Å². The Hall–Kier alpha value is -1.87. The van der Waals surface area contributed by atoms with Crippen LogP contribution in [0.3, 0.4) is 0 Å². The number of carbonyl (C=O) groups is 1. The molecule has 3 rings (SSSR count). The lowest BCUT2D eigenvalue weighted by Gasteiger charge is -2.18. The molecule has 0 saturated carbocycles. The van der Waals surface area contributed by atoms with E-state index in [1.807, 2.05) is 0 Å². The molecule has 0 saturated heterocycles. The molecule has 6 nitrogen and oxygen atoms in total. The van der Waals surface area contributed by atoms with E-state index in [1.54, 1.807) is 32.9 Å². The molecule has 1 aromatic carbocycles. The number of rotatable bonds is 4. The molecule has 0 atom stereocenters. The number of hydrogen-bond donors (Lipinski definition) is 0. The summed E-state index contributed by atoms with van der Waals surface area (Å²) >= 11 is 4.39. The van der Waals surface area contributed by atoms with Gasteiger partial charge in [0.2, 0.25) is 11.8 Å². The first-order valence-electron chi connectivity index (χ1n) is 7.48. The van der Waals surface area contributed by atoms with Crippen molar-refractivity contribution in [1.29, 1.82) is 0 Å². The maximum Gasteiger partial charge on any atom is 0.315 e. The predicted molar refractivity (Wildman–Crippen MR) is 93.9 cm³/mol. The molecule has 132 valence electrons. The summed E-state index contributed by atoms with van der Waals surface area (Å²) in [5.41, 5.74) is 0.00780. The van der Waals surface area contributed by atoms with Gasteiger partial charge >= 0.3 is 5.97 Å². The Morgan fingerprint density at radius 2 is 2.04 bits per heavy atom. The summed E-state index contributed by atoms with van der Waals surface area (Å²) in [4.78, 5) is 16.1. The van der Waals surface area contributed by atoms with E-state index < -0.39 is 11.6 Å². The van der Waals surface area contributed by atoms with Crippen molar-refractivity contribution in [3.05, 3.63) is 39.2 Å². The second-order valence-electron chi connectivity index (χ2n) is 6.35. The molecular formula is C16H15BrFN3O3S. The Morgan fingerprint density at radius 1 is 1.32 bits per heavy atom. The van der Waals surface area contributed by atoms with E-state index in [0.29, 0.717) is 25.6 Å². The van der Waals surface area contributed by atoms with Gasteiger partial charge in [-0.1, -0.05) is 0 Å². The molecule has 25 heavy (non-hydrogen) atoms. The van der Waals surface area contributed by atoms with Crippen LogP contribution in [0, 0.1) is 5.82 Å². The maximum atomic E-state index is 14.1. The third-order valence-electron chi connectivity index (χ3n) is 3.02. The second-order valence-corrected chi connectivity index (χ2v) is 8.28. The van der Waals surface area contributed by atoms with Crippen LogP contribution < -0.4 is 0 Å². The molecule has 0 radical (unpaired) electrons. The minimum atomic E-state index is -0.570. The van der Waals surface area contributed by atoms with E-state index in [4.69, 9.17) is 9.15 Å². The number of ether oxygens (including phenoxy) is 1. The Bertz CT molecular complexity index is 932. The number of fused-ring (bicyclic) bond motifs is 1. The summed E-state index contributed by atoms with van der Waals surface area (Å²) in [6.45, 7) is 5.36. The Balaban J connectivity index is 1.71. The van der Waals surface area contributed by atoms with E-state index in [2.05, 4.69) is 31.1 Å². The molecule has 0 unspecified atom stereocenters. The topological polar surface area (TPSA) is 78.1 Å². The highest BCUT2D eigenvalue weighted by molar-refractivity contribution is 9.10. The van der Waals surface area contributed by atoms with E-state index in [1.165, 1.54) is 11.3 Å². The van der Waals surface area contributed by atoms with Crippen molar-refractivity contribution >= 4 is 43.5 Å². The average Bonchev–Trinajstić information content (AvgIpc) is 3.08. The molecule has 0 aliphatic rings. The number of halogens is 2. The van der Waals surface area contributed by atoms with Crippen LogP contribution in [0.4, 0.5) is 4.39 Å². The predicted octanol–water partition coefficient (Wildman–Crippen LogP) is 4.06. The Kier molecular flexibility index (Phi) is 4.88. The van der Waals surface area contributed by atoms with Crippen molar-refractivity contribution in [1.82, 2.24) is 15.2 Å². The first-order valence-corrected chi connectivity index (χ1v) is 9.09. The van der Waals surface area contributed by atoms with Gasteiger partial charge in [-0.2, -0.15) is 0 Å². The summed E-state index contributed by atoms with van der Waals surface area (Å²) in [6, 6.07) is 3.36. The van der Waals surface area contributed by atoms with Gasteiger partial charge in [-0.05, 0) is 48.8 Å². The number of benzene rings is 1. The SMILES string of the molecule is CC(C)(C)OC(=O)Cc1nnc(Cc2nc3ccc(Br)c(F)c3s2)o1. The zero-order chi connectivity index (χ0) is 18.2. The van der Waals surface area contributed by atoms with Crippen molar-refractivity contribution in [2.75, 3.05) is 0 Å². The first kappa shape index (κ1) is 17.9. The molecule has 2 heterocycles. The van der Waals surface area contributed by atoms with Crippen LogP contribution >= 0.6 is 27.3 Å². The van der Waals surface area contributed by atoms with Crippen molar-refractivity contribution in [2.45, 2.75) is 39.2 Å². The number of carbonyl (C=O) groups excluding carboxylic acids is 1. The quantitative estimate of drug-likeness (QED) is 0.584. The standard InChI is InChI=1S/C16H15BrFN3O3S/c1-16(2,3)24-13(22)7-11-21-20-10(23-11)6-12-19-9-5-4-8(17)14(18)15(9)25-12/h4-5H,6-7H2,1-3H3. The van der Waals surface area contributed by atoms with Crippen LogP contribution in [-0.2, 0) is 22.4 Å². The average molecular weight is 428 g/mol. The van der Waals surface area contributed by atoms with Crippen LogP contribution in [0.1, 0.15) is 37.6 Å². The first-order chi connectivity index (χ1) is 11.7. The molecule has 0 amide bonds. The third-order valence-corrected chi connectivity index (χ3v) is 4.70. The highest BCUT2D eigenvalue weighted by Crippen LogP contribution is 2.30. The number of nitrogens with zero attached hydrogens (tertiary/aromatic N) is 3. The lowest BCUT2D eigenvalue weighted by atomic mass is 10.2. The maximum absolute atomic E-state index is 14.1. The fourth-order valence-corrected chi connectivity index (χ4v) is 3.57. The second kappa shape index (κ2) is 6.80. The Labute approximate surface area is 155 Å². The minimum Gasteiger partial charge on any atom is -0.460 e. The fourth-order valence-electron chi connectivity index (χ4n) is 2.12. The van der Waals surface area contributed by atoms with Crippen molar-refractivity contribution in [2.24, 2.45) is 0 Å². The summed E-state index contributed by atoms with van der Waals surface area (Å²) in [5, 5.41) is 8.41. The van der Waals surface area contributed by atoms with Gasteiger partial charge in [-0.25, -0.2) is 9.37 Å². The van der Waals surface area contributed by atoms with Crippen molar-refractivity contribution in [3.8, 4) is 0 Å².